The van der Waals surface area contributed by atoms with E-state index in [-0.39, 0.29) is 24.0 Å². The Bertz CT molecular complexity index is 1390. The van der Waals surface area contributed by atoms with Crippen molar-refractivity contribution in [3.63, 3.8) is 0 Å². The topological polar surface area (TPSA) is 63.0 Å². The van der Waals surface area contributed by atoms with Crippen LogP contribution in [0.3, 0.4) is 0 Å². The highest BCUT2D eigenvalue weighted by molar-refractivity contribution is 5.86. The average Bonchev–Trinajstić information content (AvgIpc) is 2.89. The molecule has 1 aromatic carbocycles. The molecule has 38 heavy (non-hydrogen) atoms. The molecule has 0 radical (unpaired) electrons. The lowest BCUT2D eigenvalue weighted by Gasteiger charge is -2.54. The van der Waals surface area contributed by atoms with Gasteiger partial charge in [0, 0.05) is 30.6 Å². The maximum Gasteiger partial charge on any atom is 0.340 e. The number of nitrogens with zero attached hydrogens (tertiary/aromatic N) is 2. The van der Waals surface area contributed by atoms with Crippen LogP contribution in [0, 0.1) is 18.8 Å². The van der Waals surface area contributed by atoms with Crippen LogP contribution in [-0.2, 0) is 17.6 Å². The Kier molecular flexibility index (Phi) is 5.77. The Hall–Kier alpha value is -2.60. The maximum absolute atomic E-state index is 13.9. The van der Waals surface area contributed by atoms with Gasteiger partial charge in [0.1, 0.15) is 16.9 Å². The van der Waals surface area contributed by atoms with Crippen LogP contribution in [0.15, 0.2) is 33.0 Å². The molecule has 1 aromatic heterocycles. The zero-order valence-electron chi connectivity index (χ0n) is 23.1. The molecule has 6 nitrogen and oxygen atoms in total. The number of aryl methyl sites for hydroxylation is 2. The van der Waals surface area contributed by atoms with E-state index in [9.17, 15) is 9.59 Å². The summed E-state index contributed by atoms with van der Waals surface area (Å²) >= 11 is 0. The van der Waals surface area contributed by atoms with Crippen LogP contribution in [0.25, 0.3) is 11.0 Å². The van der Waals surface area contributed by atoms with Crippen molar-refractivity contribution in [3.05, 3.63) is 50.9 Å². The third kappa shape index (κ3) is 4.02. The Morgan fingerprint density at radius 2 is 2.00 bits per heavy atom. The summed E-state index contributed by atoms with van der Waals surface area (Å²) < 4.78 is 12.0. The van der Waals surface area contributed by atoms with Crippen LogP contribution in [0.2, 0.25) is 0 Å². The summed E-state index contributed by atoms with van der Waals surface area (Å²) in [6.07, 6.45) is 11.8. The molecule has 0 spiro atoms. The fraction of sp³-hybridized carbons (Fsp3) is 0.625. The van der Waals surface area contributed by atoms with Crippen molar-refractivity contribution in [2.45, 2.75) is 96.2 Å². The van der Waals surface area contributed by atoms with Crippen molar-refractivity contribution in [1.82, 2.24) is 9.80 Å². The van der Waals surface area contributed by atoms with Gasteiger partial charge in [-0.05, 0) is 101 Å². The molecule has 0 N–H and O–H groups in total. The summed E-state index contributed by atoms with van der Waals surface area (Å²) in [5.74, 6) is 2.01. The first-order valence-corrected chi connectivity index (χ1v) is 14.8. The first-order chi connectivity index (χ1) is 18.3. The van der Waals surface area contributed by atoms with Gasteiger partial charge in [-0.25, -0.2) is 4.79 Å². The Morgan fingerprint density at radius 1 is 1.13 bits per heavy atom. The fourth-order valence-corrected chi connectivity index (χ4v) is 8.25. The van der Waals surface area contributed by atoms with Gasteiger partial charge in [-0.3, -0.25) is 9.69 Å². The van der Waals surface area contributed by atoms with E-state index >= 15 is 0 Å². The van der Waals surface area contributed by atoms with Crippen molar-refractivity contribution >= 4 is 16.9 Å². The molecular weight excluding hydrogens is 476 g/mol. The Labute approximate surface area is 225 Å². The van der Waals surface area contributed by atoms with Gasteiger partial charge >= 0.3 is 5.63 Å². The molecule has 202 valence electrons. The molecule has 6 heteroatoms. The number of amides is 1. The quantitative estimate of drug-likeness (QED) is 0.407. The summed E-state index contributed by atoms with van der Waals surface area (Å²) in [7, 11) is 0. The second-order valence-electron chi connectivity index (χ2n) is 13.1. The molecule has 7 rings (SSSR count). The van der Waals surface area contributed by atoms with Crippen LogP contribution in [0.1, 0.15) is 75.5 Å². The SMILES string of the molecule is Cc1c(CC(=O)N2CCCC3=C[C@H]4C[C@@H](CN5CCCC[C@H]45)[C@H]32)c(=O)oc2cc3c(cc12)CCC(C)(C)O3. The molecule has 3 fully saturated rings. The molecular formula is C32H40N2O4. The van der Waals surface area contributed by atoms with Crippen molar-refractivity contribution in [2.24, 2.45) is 11.8 Å². The summed E-state index contributed by atoms with van der Waals surface area (Å²) in [6, 6.07) is 4.86. The number of piperidine rings is 3. The molecule has 0 saturated carbocycles. The lowest BCUT2D eigenvalue weighted by Crippen LogP contribution is -2.60. The third-order valence-electron chi connectivity index (χ3n) is 10.2. The van der Waals surface area contributed by atoms with Crippen molar-refractivity contribution in [2.75, 3.05) is 19.6 Å². The second kappa shape index (κ2) is 8.97. The Balaban J connectivity index is 1.18. The molecule has 5 aliphatic rings. The number of carbonyl (C=O) groups excluding carboxylic acids is 1. The van der Waals surface area contributed by atoms with Gasteiger partial charge in [0.05, 0.1) is 18.0 Å². The van der Waals surface area contributed by atoms with E-state index in [2.05, 4.69) is 35.8 Å². The normalized spacial score (nSPS) is 30.1. The molecule has 2 bridgehead atoms. The zero-order chi connectivity index (χ0) is 26.2. The number of likely N-dealkylation sites (tertiary alicyclic amines) is 1. The van der Waals surface area contributed by atoms with Crippen LogP contribution >= 0.6 is 0 Å². The number of benzene rings is 1. The van der Waals surface area contributed by atoms with Crippen LogP contribution in [0.4, 0.5) is 0 Å². The average molecular weight is 517 g/mol. The number of fused-ring (bicyclic) bond motifs is 8. The highest BCUT2D eigenvalue weighted by Crippen LogP contribution is 2.45. The van der Waals surface area contributed by atoms with E-state index in [1.54, 1.807) is 0 Å². The lowest BCUT2D eigenvalue weighted by atomic mass is 9.68. The Morgan fingerprint density at radius 3 is 2.87 bits per heavy atom. The van der Waals surface area contributed by atoms with Crippen molar-refractivity contribution in [3.8, 4) is 5.75 Å². The smallest absolute Gasteiger partial charge is 0.340 e. The van der Waals surface area contributed by atoms with E-state index < -0.39 is 5.63 Å². The van der Waals surface area contributed by atoms with E-state index in [1.165, 1.54) is 37.8 Å². The minimum Gasteiger partial charge on any atom is -0.487 e. The van der Waals surface area contributed by atoms with Crippen LogP contribution in [-0.4, -0.2) is 53.0 Å². The largest absolute Gasteiger partial charge is 0.487 e. The summed E-state index contributed by atoms with van der Waals surface area (Å²) in [4.78, 5) is 31.9. The number of hydrogen-bond donors (Lipinski definition) is 0. The molecule has 5 heterocycles. The first kappa shape index (κ1) is 24.4. The van der Waals surface area contributed by atoms with E-state index in [0.717, 1.165) is 61.0 Å². The molecule has 0 unspecified atom stereocenters. The lowest BCUT2D eigenvalue weighted by molar-refractivity contribution is -0.135. The van der Waals surface area contributed by atoms with Gasteiger partial charge in [0.25, 0.3) is 0 Å². The van der Waals surface area contributed by atoms with Crippen molar-refractivity contribution < 1.29 is 13.9 Å². The minimum atomic E-state index is -0.399. The summed E-state index contributed by atoms with van der Waals surface area (Å²) in [5, 5.41) is 0.914. The van der Waals surface area contributed by atoms with Crippen LogP contribution in [0.5, 0.6) is 5.75 Å². The highest BCUT2D eigenvalue weighted by Gasteiger charge is 2.47. The second-order valence-corrected chi connectivity index (χ2v) is 13.1. The minimum absolute atomic E-state index is 0.0672. The number of hydrogen-bond acceptors (Lipinski definition) is 5. The molecule has 4 atom stereocenters. The molecule has 1 amide bonds. The van der Waals surface area contributed by atoms with Crippen molar-refractivity contribution in [1.29, 1.82) is 0 Å². The first-order valence-electron chi connectivity index (χ1n) is 14.8. The van der Waals surface area contributed by atoms with E-state index in [4.69, 9.17) is 9.15 Å². The number of ether oxygens (including phenoxy) is 1. The predicted molar refractivity (Wildman–Crippen MR) is 148 cm³/mol. The van der Waals surface area contributed by atoms with Gasteiger partial charge in [-0.1, -0.05) is 18.1 Å². The van der Waals surface area contributed by atoms with E-state index in [1.807, 2.05) is 13.0 Å². The monoisotopic (exact) mass is 516 g/mol. The van der Waals surface area contributed by atoms with Gasteiger partial charge in [-0.15, -0.1) is 0 Å². The van der Waals surface area contributed by atoms with Gasteiger partial charge in [-0.2, -0.15) is 0 Å². The summed E-state index contributed by atoms with van der Waals surface area (Å²) in [5.41, 5.74) is 3.90. The molecule has 1 aliphatic carbocycles. The van der Waals surface area contributed by atoms with Gasteiger partial charge in [0.15, 0.2) is 0 Å². The standard InChI is InChI=1S/C32H40N2O4/c1-19-24-15-20-9-10-32(2,3)38-27(20)17-28(24)37-31(36)25(19)16-29(35)34-12-6-7-21-13-22-14-23(30(21)34)18-33-11-5-4-8-26(22)33/h13,15,17,22-23,26,30H,4-12,14,16,18H2,1-3H3/t22-,23-,26+,30-/m0/s1. The molecule has 3 saturated heterocycles. The third-order valence-corrected chi connectivity index (χ3v) is 10.2. The molecule has 2 aromatic rings. The van der Waals surface area contributed by atoms with Crippen LogP contribution < -0.4 is 10.4 Å². The predicted octanol–water partition coefficient (Wildman–Crippen LogP) is 5.17. The van der Waals surface area contributed by atoms with Gasteiger partial charge in [0.2, 0.25) is 5.91 Å². The molecule has 4 aliphatic heterocycles. The number of carbonyl (C=O) groups is 1. The zero-order valence-corrected chi connectivity index (χ0v) is 23.1. The highest BCUT2D eigenvalue weighted by atomic mass is 16.5. The summed E-state index contributed by atoms with van der Waals surface area (Å²) in [6.45, 7) is 9.22. The van der Waals surface area contributed by atoms with E-state index in [0.29, 0.717) is 29.0 Å². The number of rotatable bonds is 2. The maximum atomic E-state index is 13.9. The fourth-order valence-electron chi connectivity index (χ4n) is 8.25. The van der Waals surface area contributed by atoms with Gasteiger partial charge < -0.3 is 14.1 Å².